The predicted octanol–water partition coefficient (Wildman–Crippen LogP) is 3.71. The van der Waals surface area contributed by atoms with Gasteiger partial charge in [-0.15, -0.1) is 11.3 Å². The zero-order valence-electron chi connectivity index (χ0n) is 12.3. The zero-order valence-corrected chi connectivity index (χ0v) is 13.2. The SMILES string of the molecule is CC1(C)OB(c2cccc(-c3cccs3)c2)OC1(C)C. The van der Waals surface area contributed by atoms with Crippen LogP contribution in [0.4, 0.5) is 0 Å². The van der Waals surface area contributed by atoms with E-state index in [0.717, 1.165) is 5.46 Å². The van der Waals surface area contributed by atoms with Crippen molar-refractivity contribution in [3.8, 4) is 10.4 Å². The standard InChI is InChI=1S/C16H19BO2S/c1-15(2)16(3,4)19-17(18-15)13-8-5-7-12(11-13)14-9-6-10-20-14/h5-11H,1-4H3. The fraction of sp³-hybridized carbons (Fsp3) is 0.375. The Morgan fingerprint density at radius 1 is 0.950 bits per heavy atom. The molecule has 0 bridgehead atoms. The minimum Gasteiger partial charge on any atom is -0.399 e. The molecule has 1 aliphatic heterocycles. The van der Waals surface area contributed by atoms with Crippen LogP contribution in [0.2, 0.25) is 0 Å². The Labute approximate surface area is 124 Å². The monoisotopic (exact) mass is 286 g/mol. The smallest absolute Gasteiger partial charge is 0.399 e. The molecule has 1 fully saturated rings. The summed E-state index contributed by atoms with van der Waals surface area (Å²) in [5.41, 5.74) is 1.70. The van der Waals surface area contributed by atoms with Crippen molar-refractivity contribution >= 4 is 23.9 Å². The van der Waals surface area contributed by atoms with Gasteiger partial charge in [-0.05, 0) is 50.2 Å². The lowest BCUT2D eigenvalue weighted by atomic mass is 9.78. The molecule has 0 spiro atoms. The van der Waals surface area contributed by atoms with E-state index in [0.29, 0.717) is 0 Å². The third-order valence-electron chi connectivity index (χ3n) is 4.22. The minimum absolute atomic E-state index is 0.292. The summed E-state index contributed by atoms with van der Waals surface area (Å²) in [7, 11) is -0.292. The van der Waals surface area contributed by atoms with Crippen LogP contribution >= 0.6 is 11.3 Å². The summed E-state index contributed by atoms with van der Waals surface area (Å²) in [5, 5.41) is 2.09. The second kappa shape index (κ2) is 4.73. The molecule has 0 N–H and O–H groups in total. The molecule has 0 atom stereocenters. The normalized spacial score (nSPS) is 20.3. The van der Waals surface area contributed by atoms with E-state index in [1.54, 1.807) is 11.3 Å². The van der Waals surface area contributed by atoms with Gasteiger partial charge in [-0.3, -0.25) is 0 Å². The molecule has 1 aromatic heterocycles. The van der Waals surface area contributed by atoms with Crippen LogP contribution in [0.5, 0.6) is 0 Å². The Bertz CT molecular complexity index is 589. The Kier molecular flexibility index (Phi) is 3.28. The van der Waals surface area contributed by atoms with Crippen LogP contribution in [0, 0.1) is 0 Å². The number of rotatable bonds is 2. The van der Waals surface area contributed by atoms with E-state index in [1.807, 2.05) is 0 Å². The second-order valence-electron chi connectivity index (χ2n) is 6.19. The summed E-state index contributed by atoms with van der Waals surface area (Å²) in [6.07, 6.45) is 0. The van der Waals surface area contributed by atoms with Crippen molar-refractivity contribution in [1.29, 1.82) is 0 Å². The van der Waals surface area contributed by atoms with Gasteiger partial charge in [0.1, 0.15) is 0 Å². The molecule has 1 aliphatic rings. The predicted molar refractivity (Wildman–Crippen MR) is 85.5 cm³/mol. The lowest BCUT2D eigenvalue weighted by Crippen LogP contribution is -2.41. The van der Waals surface area contributed by atoms with Crippen molar-refractivity contribution in [2.75, 3.05) is 0 Å². The Hall–Kier alpha value is -1.10. The van der Waals surface area contributed by atoms with Crippen LogP contribution in [0.3, 0.4) is 0 Å². The molecule has 3 rings (SSSR count). The highest BCUT2D eigenvalue weighted by atomic mass is 32.1. The number of benzene rings is 1. The zero-order chi connectivity index (χ0) is 14.4. The lowest BCUT2D eigenvalue weighted by Gasteiger charge is -2.32. The van der Waals surface area contributed by atoms with Crippen LogP contribution in [-0.2, 0) is 9.31 Å². The summed E-state index contributed by atoms with van der Waals surface area (Å²) in [4.78, 5) is 1.27. The first-order valence-electron chi connectivity index (χ1n) is 6.88. The topological polar surface area (TPSA) is 18.5 Å². The summed E-state index contributed by atoms with van der Waals surface area (Å²) in [6.45, 7) is 8.32. The van der Waals surface area contributed by atoms with Gasteiger partial charge in [0.15, 0.2) is 0 Å². The van der Waals surface area contributed by atoms with Gasteiger partial charge in [0, 0.05) is 4.88 Å². The molecule has 0 unspecified atom stereocenters. The van der Waals surface area contributed by atoms with E-state index in [1.165, 1.54) is 10.4 Å². The summed E-state index contributed by atoms with van der Waals surface area (Å²) < 4.78 is 12.2. The number of hydrogen-bond donors (Lipinski definition) is 0. The molecule has 0 aliphatic carbocycles. The minimum atomic E-state index is -0.295. The summed E-state index contributed by atoms with van der Waals surface area (Å²) >= 11 is 1.75. The second-order valence-corrected chi connectivity index (χ2v) is 7.14. The maximum atomic E-state index is 6.10. The average Bonchev–Trinajstić information content (AvgIpc) is 2.97. The highest BCUT2D eigenvalue weighted by Crippen LogP contribution is 2.36. The molecule has 0 saturated carbocycles. The van der Waals surface area contributed by atoms with E-state index >= 15 is 0 Å². The van der Waals surface area contributed by atoms with E-state index < -0.39 is 0 Å². The van der Waals surface area contributed by atoms with Gasteiger partial charge in [0.25, 0.3) is 0 Å². The number of hydrogen-bond acceptors (Lipinski definition) is 3. The third-order valence-corrected chi connectivity index (χ3v) is 5.14. The fourth-order valence-electron chi connectivity index (χ4n) is 2.26. The molecule has 1 saturated heterocycles. The van der Waals surface area contributed by atoms with E-state index in [4.69, 9.17) is 9.31 Å². The molecule has 0 amide bonds. The molecule has 1 aromatic carbocycles. The van der Waals surface area contributed by atoms with Gasteiger partial charge in [-0.25, -0.2) is 0 Å². The molecular formula is C16H19BO2S. The maximum Gasteiger partial charge on any atom is 0.494 e. The first-order valence-corrected chi connectivity index (χ1v) is 7.76. The van der Waals surface area contributed by atoms with Gasteiger partial charge in [-0.2, -0.15) is 0 Å². The highest BCUT2D eigenvalue weighted by Gasteiger charge is 2.51. The largest absolute Gasteiger partial charge is 0.494 e. The van der Waals surface area contributed by atoms with Gasteiger partial charge in [0.2, 0.25) is 0 Å². The van der Waals surface area contributed by atoms with E-state index in [-0.39, 0.29) is 18.3 Å². The average molecular weight is 286 g/mol. The molecular weight excluding hydrogens is 267 g/mol. The van der Waals surface area contributed by atoms with E-state index in [9.17, 15) is 0 Å². The van der Waals surface area contributed by atoms with Crippen LogP contribution in [0.25, 0.3) is 10.4 Å². The Balaban J connectivity index is 1.91. The Morgan fingerprint density at radius 3 is 2.25 bits per heavy atom. The first kappa shape index (κ1) is 13.9. The molecule has 2 heterocycles. The van der Waals surface area contributed by atoms with Gasteiger partial charge in [0.05, 0.1) is 11.2 Å². The molecule has 2 aromatic rings. The van der Waals surface area contributed by atoms with Crippen LogP contribution in [0.15, 0.2) is 41.8 Å². The molecule has 0 radical (unpaired) electrons. The summed E-state index contributed by atoms with van der Waals surface area (Å²) in [6, 6.07) is 12.6. The van der Waals surface area contributed by atoms with Gasteiger partial charge in [-0.1, -0.05) is 30.3 Å². The third kappa shape index (κ3) is 2.32. The number of thiophene rings is 1. The van der Waals surface area contributed by atoms with Crippen molar-refractivity contribution in [3.05, 3.63) is 41.8 Å². The van der Waals surface area contributed by atoms with Crippen LogP contribution in [0.1, 0.15) is 27.7 Å². The van der Waals surface area contributed by atoms with Crippen molar-refractivity contribution in [1.82, 2.24) is 0 Å². The van der Waals surface area contributed by atoms with Crippen molar-refractivity contribution in [2.24, 2.45) is 0 Å². The highest BCUT2D eigenvalue weighted by molar-refractivity contribution is 7.13. The van der Waals surface area contributed by atoms with Crippen LogP contribution in [-0.4, -0.2) is 18.3 Å². The quantitative estimate of drug-likeness (QED) is 0.783. The Morgan fingerprint density at radius 2 is 1.65 bits per heavy atom. The van der Waals surface area contributed by atoms with Gasteiger partial charge >= 0.3 is 7.12 Å². The lowest BCUT2D eigenvalue weighted by molar-refractivity contribution is 0.00578. The first-order chi connectivity index (χ1) is 9.39. The molecule has 104 valence electrons. The summed E-state index contributed by atoms with van der Waals surface area (Å²) in [5.74, 6) is 0. The van der Waals surface area contributed by atoms with E-state index in [2.05, 4.69) is 69.5 Å². The van der Waals surface area contributed by atoms with Crippen molar-refractivity contribution in [2.45, 2.75) is 38.9 Å². The molecule has 4 heteroatoms. The van der Waals surface area contributed by atoms with Crippen molar-refractivity contribution in [3.63, 3.8) is 0 Å². The van der Waals surface area contributed by atoms with Gasteiger partial charge < -0.3 is 9.31 Å². The maximum absolute atomic E-state index is 6.10. The van der Waals surface area contributed by atoms with Crippen molar-refractivity contribution < 1.29 is 9.31 Å². The molecule has 20 heavy (non-hydrogen) atoms. The van der Waals surface area contributed by atoms with Crippen LogP contribution < -0.4 is 5.46 Å². The fourth-order valence-corrected chi connectivity index (χ4v) is 2.98. The molecule has 2 nitrogen and oxygen atoms in total.